The Hall–Kier alpha value is -1.62. The van der Waals surface area contributed by atoms with E-state index in [-0.39, 0.29) is 6.03 Å². The van der Waals surface area contributed by atoms with E-state index < -0.39 is 0 Å². The summed E-state index contributed by atoms with van der Waals surface area (Å²) in [5, 5.41) is 5.46. The number of hydrogen-bond acceptors (Lipinski definition) is 3. The van der Waals surface area contributed by atoms with Crippen LogP contribution < -0.4 is 20.1 Å². The van der Waals surface area contributed by atoms with Gasteiger partial charge in [0.2, 0.25) is 0 Å². The summed E-state index contributed by atoms with van der Waals surface area (Å²) in [4.78, 5) is 11.2. The number of benzene rings is 1. The van der Waals surface area contributed by atoms with Gasteiger partial charge in [0.05, 0.1) is 24.9 Å². The average Bonchev–Trinajstić information content (AvgIpc) is 2.30. The molecule has 1 aromatic rings. The first-order valence-electron chi connectivity index (χ1n) is 4.52. The Morgan fingerprint density at radius 2 is 1.88 bits per heavy atom. The van der Waals surface area contributed by atoms with Gasteiger partial charge in [-0.15, -0.1) is 0 Å². The third kappa shape index (κ3) is 2.70. The van der Waals surface area contributed by atoms with Crippen LogP contribution in [-0.2, 0) is 0 Å². The van der Waals surface area contributed by atoms with Gasteiger partial charge >= 0.3 is 6.03 Å². The summed E-state index contributed by atoms with van der Waals surface area (Å²) >= 11 is 5.92. The zero-order valence-electron chi connectivity index (χ0n) is 9.26. The van der Waals surface area contributed by atoms with Crippen molar-refractivity contribution in [1.29, 1.82) is 0 Å². The maximum Gasteiger partial charge on any atom is 0.319 e. The van der Waals surface area contributed by atoms with E-state index in [1.165, 1.54) is 21.3 Å². The minimum Gasteiger partial charge on any atom is -0.495 e. The fraction of sp³-hybridized carbons (Fsp3) is 0.300. The topological polar surface area (TPSA) is 59.6 Å². The third-order valence-electron chi connectivity index (χ3n) is 1.95. The number of anilines is 1. The van der Waals surface area contributed by atoms with Crippen molar-refractivity contribution >= 4 is 23.3 Å². The molecule has 0 aliphatic rings. The average molecular weight is 245 g/mol. The van der Waals surface area contributed by atoms with E-state index in [4.69, 9.17) is 21.1 Å². The van der Waals surface area contributed by atoms with Gasteiger partial charge in [-0.3, -0.25) is 0 Å². The predicted octanol–water partition coefficient (Wildman–Crippen LogP) is 2.11. The summed E-state index contributed by atoms with van der Waals surface area (Å²) in [5.74, 6) is 0.934. The molecule has 1 rings (SSSR count). The molecule has 0 saturated heterocycles. The lowest BCUT2D eigenvalue weighted by Crippen LogP contribution is -2.24. The maximum absolute atomic E-state index is 11.2. The van der Waals surface area contributed by atoms with E-state index in [0.717, 1.165) is 0 Å². The molecule has 16 heavy (non-hydrogen) atoms. The van der Waals surface area contributed by atoms with Crippen LogP contribution in [0.4, 0.5) is 10.5 Å². The quantitative estimate of drug-likeness (QED) is 0.856. The van der Waals surface area contributed by atoms with Crippen LogP contribution >= 0.6 is 11.6 Å². The Morgan fingerprint density at radius 1 is 1.25 bits per heavy atom. The smallest absolute Gasteiger partial charge is 0.319 e. The lowest BCUT2D eigenvalue weighted by atomic mass is 10.2. The molecule has 0 fully saturated rings. The molecule has 2 N–H and O–H groups in total. The second-order valence-corrected chi connectivity index (χ2v) is 3.30. The van der Waals surface area contributed by atoms with Crippen molar-refractivity contribution in [2.24, 2.45) is 0 Å². The van der Waals surface area contributed by atoms with Gasteiger partial charge in [-0.2, -0.15) is 0 Å². The number of amides is 2. The number of urea groups is 1. The lowest BCUT2D eigenvalue weighted by Gasteiger charge is -2.12. The van der Waals surface area contributed by atoms with E-state index in [1.54, 1.807) is 12.1 Å². The van der Waals surface area contributed by atoms with Gasteiger partial charge in [-0.1, -0.05) is 11.6 Å². The summed E-state index contributed by atoms with van der Waals surface area (Å²) in [6, 6.07) is 2.82. The Kier molecular flexibility index (Phi) is 4.25. The molecular weight excluding hydrogens is 232 g/mol. The first-order valence-corrected chi connectivity index (χ1v) is 4.90. The SMILES string of the molecule is CNC(=O)Nc1cc(OC)c(Cl)cc1OC. The molecule has 0 atom stereocenters. The highest BCUT2D eigenvalue weighted by atomic mass is 35.5. The molecule has 0 aliphatic carbocycles. The van der Waals surface area contributed by atoms with Crippen LogP contribution in [0.5, 0.6) is 11.5 Å². The van der Waals surface area contributed by atoms with Crippen molar-refractivity contribution in [3.8, 4) is 11.5 Å². The van der Waals surface area contributed by atoms with Gasteiger partial charge in [0.25, 0.3) is 0 Å². The van der Waals surface area contributed by atoms with Crippen LogP contribution in [0.15, 0.2) is 12.1 Å². The molecular formula is C10H13ClN2O3. The molecule has 1 aromatic carbocycles. The fourth-order valence-corrected chi connectivity index (χ4v) is 1.37. The molecule has 2 amide bonds. The van der Waals surface area contributed by atoms with Crippen molar-refractivity contribution in [2.45, 2.75) is 0 Å². The number of halogens is 1. The number of carbonyl (C=O) groups is 1. The highest BCUT2D eigenvalue weighted by molar-refractivity contribution is 6.32. The van der Waals surface area contributed by atoms with Gasteiger partial charge in [0.15, 0.2) is 0 Å². The summed E-state index contributed by atoms with van der Waals surface area (Å²) in [6.45, 7) is 0. The molecule has 0 aliphatic heterocycles. The van der Waals surface area contributed by atoms with Gasteiger partial charge in [-0.25, -0.2) is 4.79 Å². The van der Waals surface area contributed by atoms with Gasteiger partial charge < -0.3 is 20.1 Å². The molecule has 0 radical (unpaired) electrons. The van der Waals surface area contributed by atoms with Crippen LogP contribution in [0.3, 0.4) is 0 Å². The van der Waals surface area contributed by atoms with Gasteiger partial charge in [0, 0.05) is 19.2 Å². The van der Waals surface area contributed by atoms with E-state index in [2.05, 4.69) is 10.6 Å². The first kappa shape index (κ1) is 12.4. The van der Waals surface area contributed by atoms with E-state index in [9.17, 15) is 4.79 Å². The minimum atomic E-state index is -0.345. The van der Waals surface area contributed by atoms with Crippen molar-refractivity contribution in [3.05, 3.63) is 17.2 Å². The Labute approximate surface area is 98.7 Å². The lowest BCUT2D eigenvalue weighted by molar-refractivity contribution is 0.254. The Bertz CT molecular complexity index is 396. The number of rotatable bonds is 3. The largest absolute Gasteiger partial charge is 0.495 e. The summed E-state index contributed by atoms with van der Waals surface area (Å²) in [6.07, 6.45) is 0. The van der Waals surface area contributed by atoms with E-state index >= 15 is 0 Å². The molecule has 6 heteroatoms. The first-order chi connectivity index (χ1) is 7.62. The van der Waals surface area contributed by atoms with Crippen LogP contribution in [-0.4, -0.2) is 27.3 Å². The highest BCUT2D eigenvalue weighted by Crippen LogP contribution is 2.35. The number of nitrogens with one attached hydrogen (secondary N) is 2. The van der Waals surface area contributed by atoms with Gasteiger partial charge in [0.1, 0.15) is 11.5 Å². The van der Waals surface area contributed by atoms with Crippen molar-refractivity contribution < 1.29 is 14.3 Å². The second kappa shape index (κ2) is 5.46. The highest BCUT2D eigenvalue weighted by Gasteiger charge is 2.11. The molecule has 0 heterocycles. The zero-order chi connectivity index (χ0) is 12.1. The van der Waals surface area contributed by atoms with E-state index in [1.807, 2.05) is 0 Å². The van der Waals surface area contributed by atoms with Gasteiger partial charge in [-0.05, 0) is 0 Å². The third-order valence-corrected chi connectivity index (χ3v) is 2.24. The summed E-state index contributed by atoms with van der Waals surface area (Å²) in [7, 11) is 4.51. The number of methoxy groups -OCH3 is 2. The standard InChI is InChI=1S/C10H13ClN2O3/c1-12-10(14)13-7-5-8(15-2)6(11)4-9(7)16-3/h4-5H,1-3H3,(H2,12,13,14). The van der Waals surface area contributed by atoms with Crippen molar-refractivity contribution in [1.82, 2.24) is 5.32 Å². The Morgan fingerprint density at radius 3 is 2.38 bits per heavy atom. The monoisotopic (exact) mass is 244 g/mol. The number of hydrogen-bond donors (Lipinski definition) is 2. The molecule has 0 unspecified atom stereocenters. The molecule has 0 bridgehead atoms. The molecule has 88 valence electrons. The normalized spacial score (nSPS) is 9.50. The second-order valence-electron chi connectivity index (χ2n) is 2.89. The predicted molar refractivity (Wildman–Crippen MR) is 62.6 cm³/mol. The molecule has 0 aromatic heterocycles. The Balaban J connectivity index is 3.09. The van der Waals surface area contributed by atoms with Crippen LogP contribution in [0.1, 0.15) is 0 Å². The van der Waals surface area contributed by atoms with Crippen LogP contribution in [0.25, 0.3) is 0 Å². The zero-order valence-corrected chi connectivity index (χ0v) is 10.0. The summed E-state index contributed by atoms with van der Waals surface area (Å²) < 4.78 is 10.1. The molecule has 5 nitrogen and oxygen atoms in total. The summed E-state index contributed by atoms with van der Waals surface area (Å²) in [5.41, 5.74) is 0.489. The van der Waals surface area contributed by atoms with E-state index in [0.29, 0.717) is 22.2 Å². The molecule has 0 saturated carbocycles. The maximum atomic E-state index is 11.2. The van der Waals surface area contributed by atoms with Crippen molar-refractivity contribution in [3.63, 3.8) is 0 Å². The van der Waals surface area contributed by atoms with Crippen molar-refractivity contribution in [2.75, 3.05) is 26.6 Å². The molecule has 0 spiro atoms. The van der Waals surface area contributed by atoms with Crippen LogP contribution in [0, 0.1) is 0 Å². The number of carbonyl (C=O) groups excluding carboxylic acids is 1. The fourth-order valence-electron chi connectivity index (χ4n) is 1.14. The van der Waals surface area contributed by atoms with Crippen LogP contribution in [0.2, 0.25) is 5.02 Å². The minimum absolute atomic E-state index is 0.345. The number of ether oxygens (including phenoxy) is 2.